The van der Waals surface area contributed by atoms with Crippen molar-refractivity contribution in [2.24, 2.45) is 0 Å². The van der Waals surface area contributed by atoms with E-state index in [1.54, 1.807) is 13.0 Å². The zero-order valence-corrected chi connectivity index (χ0v) is 8.78. The Labute approximate surface area is 94.9 Å². The normalized spacial score (nSPS) is 12.9. The third kappa shape index (κ3) is 3.88. The summed E-state index contributed by atoms with van der Waals surface area (Å²) in [5, 5.41) is 19.6. The van der Waals surface area contributed by atoms with E-state index in [0.29, 0.717) is 5.69 Å². The number of nitrogens with zero attached hydrogens (tertiary/aromatic N) is 3. The number of aryl methyl sites for hydroxylation is 1. The predicted molar refractivity (Wildman–Crippen MR) is 52.0 cm³/mol. The van der Waals surface area contributed by atoms with Gasteiger partial charge in [0.2, 0.25) is 5.95 Å². The lowest BCUT2D eigenvalue weighted by atomic mass is 10.3. The number of anilines is 1. The molecule has 0 aliphatic carbocycles. The van der Waals surface area contributed by atoms with E-state index in [4.69, 9.17) is 10.4 Å². The van der Waals surface area contributed by atoms with Crippen LogP contribution in [0.5, 0.6) is 0 Å². The molecule has 0 saturated carbocycles. The molecular formula is C9H9F3N4O. The second-order valence-electron chi connectivity index (χ2n) is 3.27. The van der Waals surface area contributed by atoms with E-state index < -0.39 is 18.8 Å². The molecule has 1 aromatic heterocycles. The Balaban J connectivity index is 2.70. The second kappa shape index (κ2) is 4.97. The number of rotatable bonds is 3. The van der Waals surface area contributed by atoms with E-state index in [1.165, 1.54) is 6.07 Å². The average Bonchev–Trinajstić information content (AvgIpc) is 2.23. The lowest BCUT2D eigenvalue weighted by molar-refractivity contribution is -0.198. The van der Waals surface area contributed by atoms with Crippen molar-refractivity contribution in [1.29, 1.82) is 5.26 Å². The molecule has 0 bridgehead atoms. The molecule has 1 rings (SSSR count). The van der Waals surface area contributed by atoms with Gasteiger partial charge in [0.05, 0.1) is 6.54 Å². The van der Waals surface area contributed by atoms with Crippen LogP contribution in [-0.4, -0.2) is 33.9 Å². The zero-order chi connectivity index (χ0) is 13.1. The minimum atomic E-state index is -4.70. The maximum atomic E-state index is 12.0. The van der Waals surface area contributed by atoms with Crippen molar-refractivity contribution < 1.29 is 18.3 Å². The van der Waals surface area contributed by atoms with Gasteiger partial charge in [-0.15, -0.1) is 0 Å². The predicted octanol–water partition coefficient (Wildman–Crippen LogP) is 0.992. The Kier molecular flexibility index (Phi) is 3.85. The molecule has 1 heterocycles. The van der Waals surface area contributed by atoms with Gasteiger partial charge in [-0.2, -0.15) is 18.4 Å². The number of alkyl halides is 3. The number of aromatic nitrogens is 2. The number of aliphatic hydroxyl groups is 1. The van der Waals surface area contributed by atoms with Crippen LogP contribution in [0.3, 0.4) is 0 Å². The molecule has 0 radical (unpaired) electrons. The molecule has 0 fully saturated rings. The lowest BCUT2D eigenvalue weighted by Crippen LogP contribution is -2.35. The molecule has 0 aromatic carbocycles. The first-order chi connectivity index (χ1) is 7.82. The standard InChI is InChI=1S/C9H9F3N4O/c1-5-2-6(3-13)16-8(15-5)14-4-7(17)9(10,11)12/h2,7,17H,4H2,1H3,(H,14,15,16). The number of hydrogen-bond donors (Lipinski definition) is 2. The van der Waals surface area contributed by atoms with Gasteiger partial charge in [0, 0.05) is 5.69 Å². The fraction of sp³-hybridized carbons (Fsp3) is 0.444. The van der Waals surface area contributed by atoms with Crippen molar-refractivity contribution >= 4 is 5.95 Å². The first kappa shape index (κ1) is 13.2. The largest absolute Gasteiger partial charge is 0.416 e. The molecule has 1 atom stereocenters. The van der Waals surface area contributed by atoms with Crippen molar-refractivity contribution in [3.8, 4) is 6.07 Å². The van der Waals surface area contributed by atoms with Crippen LogP contribution in [0.1, 0.15) is 11.4 Å². The summed E-state index contributed by atoms with van der Waals surface area (Å²) in [7, 11) is 0. The maximum absolute atomic E-state index is 12.0. The monoisotopic (exact) mass is 246 g/mol. The third-order valence-corrected chi connectivity index (χ3v) is 1.80. The summed E-state index contributed by atoms with van der Waals surface area (Å²) in [5.41, 5.74) is 0.488. The SMILES string of the molecule is Cc1cc(C#N)nc(NCC(O)C(F)(F)F)n1. The van der Waals surface area contributed by atoms with Crippen LogP contribution >= 0.6 is 0 Å². The van der Waals surface area contributed by atoms with Crippen LogP contribution in [0.15, 0.2) is 6.07 Å². The molecule has 92 valence electrons. The molecule has 1 aromatic rings. The fourth-order valence-corrected chi connectivity index (χ4v) is 1.01. The van der Waals surface area contributed by atoms with Gasteiger partial charge in [-0.05, 0) is 13.0 Å². The second-order valence-corrected chi connectivity index (χ2v) is 3.27. The van der Waals surface area contributed by atoms with Gasteiger partial charge in [0.25, 0.3) is 0 Å². The highest BCUT2D eigenvalue weighted by molar-refractivity contribution is 5.33. The summed E-state index contributed by atoms with van der Waals surface area (Å²) in [6.45, 7) is 0.811. The number of nitrogens with one attached hydrogen (secondary N) is 1. The molecule has 5 nitrogen and oxygen atoms in total. The summed E-state index contributed by atoms with van der Waals surface area (Å²) in [4.78, 5) is 7.43. The summed E-state index contributed by atoms with van der Waals surface area (Å²) in [6.07, 6.45) is -7.20. The number of hydrogen-bond acceptors (Lipinski definition) is 5. The van der Waals surface area contributed by atoms with Crippen LogP contribution in [0.2, 0.25) is 0 Å². The molecule has 0 aliphatic rings. The molecule has 1 unspecified atom stereocenters. The lowest BCUT2D eigenvalue weighted by Gasteiger charge is -2.14. The molecule has 0 saturated heterocycles. The van der Waals surface area contributed by atoms with Crippen molar-refractivity contribution in [2.45, 2.75) is 19.2 Å². The molecule has 0 aliphatic heterocycles. The minimum Gasteiger partial charge on any atom is -0.382 e. The zero-order valence-electron chi connectivity index (χ0n) is 8.78. The number of aliphatic hydroxyl groups excluding tert-OH is 1. The third-order valence-electron chi connectivity index (χ3n) is 1.80. The fourth-order valence-electron chi connectivity index (χ4n) is 1.01. The van der Waals surface area contributed by atoms with Gasteiger partial charge in [0.15, 0.2) is 6.10 Å². The smallest absolute Gasteiger partial charge is 0.382 e. The van der Waals surface area contributed by atoms with Gasteiger partial charge >= 0.3 is 6.18 Å². The van der Waals surface area contributed by atoms with E-state index in [-0.39, 0.29) is 11.6 Å². The Morgan fingerprint density at radius 3 is 2.71 bits per heavy atom. The summed E-state index contributed by atoms with van der Waals surface area (Å²) in [6, 6.07) is 3.14. The maximum Gasteiger partial charge on any atom is 0.416 e. The topological polar surface area (TPSA) is 81.8 Å². The van der Waals surface area contributed by atoms with Gasteiger partial charge < -0.3 is 10.4 Å². The van der Waals surface area contributed by atoms with E-state index in [2.05, 4.69) is 15.3 Å². The molecule has 0 amide bonds. The summed E-state index contributed by atoms with van der Waals surface area (Å²) >= 11 is 0. The number of halogens is 3. The molecule has 8 heteroatoms. The van der Waals surface area contributed by atoms with Crippen LogP contribution < -0.4 is 5.32 Å². The van der Waals surface area contributed by atoms with E-state index in [0.717, 1.165) is 0 Å². The molecule has 0 spiro atoms. The molecular weight excluding hydrogens is 237 g/mol. The minimum absolute atomic E-state index is 0.0431. The van der Waals surface area contributed by atoms with Gasteiger partial charge in [-0.3, -0.25) is 0 Å². The Bertz CT molecular complexity index is 441. The van der Waals surface area contributed by atoms with Crippen molar-refractivity contribution in [3.05, 3.63) is 17.5 Å². The highest BCUT2D eigenvalue weighted by Crippen LogP contribution is 2.19. The first-order valence-electron chi connectivity index (χ1n) is 4.57. The van der Waals surface area contributed by atoms with E-state index >= 15 is 0 Å². The Morgan fingerprint density at radius 2 is 2.18 bits per heavy atom. The van der Waals surface area contributed by atoms with Crippen LogP contribution in [0.4, 0.5) is 19.1 Å². The van der Waals surface area contributed by atoms with Crippen LogP contribution in [-0.2, 0) is 0 Å². The van der Waals surface area contributed by atoms with Crippen LogP contribution in [0.25, 0.3) is 0 Å². The van der Waals surface area contributed by atoms with Gasteiger partial charge in [-0.1, -0.05) is 0 Å². The quantitative estimate of drug-likeness (QED) is 0.831. The average molecular weight is 246 g/mol. The van der Waals surface area contributed by atoms with Crippen molar-refractivity contribution in [1.82, 2.24) is 9.97 Å². The Hall–Kier alpha value is -1.88. The first-order valence-corrected chi connectivity index (χ1v) is 4.57. The molecule has 17 heavy (non-hydrogen) atoms. The van der Waals surface area contributed by atoms with E-state index in [9.17, 15) is 13.2 Å². The van der Waals surface area contributed by atoms with E-state index in [1.807, 2.05) is 0 Å². The highest BCUT2D eigenvalue weighted by Gasteiger charge is 2.37. The van der Waals surface area contributed by atoms with Crippen molar-refractivity contribution in [3.63, 3.8) is 0 Å². The summed E-state index contributed by atoms with van der Waals surface area (Å²) in [5.74, 6) is -0.121. The highest BCUT2D eigenvalue weighted by atomic mass is 19.4. The van der Waals surface area contributed by atoms with Crippen LogP contribution in [0, 0.1) is 18.3 Å². The van der Waals surface area contributed by atoms with Gasteiger partial charge in [-0.25, -0.2) is 9.97 Å². The summed E-state index contributed by atoms with van der Waals surface area (Å²) < 4.78 is 36.0. The van der Waals surface area contributed by atoms with Gasteiger partial charge in [0.1, 0.15) is 11.8 Å². The molecule has 2 N–H and O–H groups in total. The van der Waals surface area contributed by atoms with Crippen molar-refractivity contribution in [2.75, 3.05) is 11.9 Å². The Morgan fingerprint density at radius 1 is 1.53 bits per heavy atom. The number of nitriles is 1.